The van der Waals surface area contributed by atoms with Gasteiger partial charge < -0.3 is 0 Å². The average Bonchev–Trinajstić information content (AvgIpc) is 3.42. The summed E-state index contributed by atoms with van der Waals surface area (Å²) in [5.41, 5.74) is 5.03. The Labute approximate surface area is 193 Å². The van der Waals surface area contributed by atoms with Crippen LogP contribution in [0.4, 0.5) is 9.52 Å². The van der Waals surface area contributed by atoms with Gasteiger partial charge >= 0.3 is 0 Å². The highest BCUT2D eigenvalue weighted by atomic mass is 32.1. The van der Waals surface area contributed by atoms with E-state index in [9.17, 15) is 9.18 Å². The van der Waals surface area contributed by atoms with E-state index in [1.165, 1.54) is 29.5 Å². The minimum atomic E-state index is -0.316. The number of aryl methyl sites for hydroxylation is 1. The molecule has 0 aliphatic heterocycles. The molecule has 5 aromatic rings. The maximum Gasteiger partial charge on any atom is 0.250 e. The van der Waals surface area contributed by atoms with Crippen LogP contribution in [0.3, 0.4) is 0 Å². The van der Waals surface area contributed by atoms with Crippen LogP contribution in [0.1, 0.15) is 11.1 Å². The third kappa shape index (κ3) is 4.58. The van der Waals surface area contributed by atoms with E-state index in [1.807, 2.05) is 61.7 Å². The molecule has 0 atom stereocenters. The van der Waals surface area contributed by atoms with Crippen molar-refractivity contribution in [2.75, 3.05) is 5.32 Å². The minimum Gasteiger partial charge on any atom is -0.298 e. The monoisotopic (exact) mass is 454 g/mol. The first-order valence-corrected chi connectivity index (χ1v) is 11.1. The third-order valence-corrected chi connectivity index (χ3v) is 6.00. The van der Waals surface area contributed by atoms with Crippen molar-refractivity contribution in [3.8, 4) is 16.9 Å². The molecule has 162 valence electrons. The highest BCUT2D eigenvalue weighted by Gasteiger charge is 2.12. The number of aromatic nitrogens is 3. The van der Waals surface area contributed by atoms with E-state index in [4.69, 9.17) is 0 Å². The number of hydrogen-bond acceptors (Lipinski definition) is 4. The molecule has 0 aliphatic rings. The quantitative estimate of drug-likeness (QED) is 0.319. The van der Waals surface area contributed by atoms with Crippen molar-refractivity contribution in [2.45, 2.75) is 6.92 Å². The van der Waals surface area contributed by atoms with Crippen molar-refractivity contribution in [1.29, 1.82) is 0 Å². The summed E-state index contributed by atoms with van der Waals surface area (Å²) in [5.74, 6) is -0.605. The van der Waals surface area contributed by atoms with Crippen molar-refractivity contribution in [3.63, 3.8) is 0 Å². The number of carbonyl (C=O) groups is 1. The summed E-state index contributed by atoms with van der Waals surface area (Å²) in [6, 6.07) is 21.8. The van der Waals surface area contributed by atoms with E-state index in [2.05, 4.69) is 15.4 Å². The van der Waals surface area contributed by atoms with Gasteiger partial charge in [0, 0.05) is 23.4 Å². The Morgan fingerprint density at radius 3 is 2.64 bits per heavy atom. The second kappa shape index (κ2) is 8.80. The lowest BCUT2D eigenvalue weighted by atomic mass is 10.1. The van der Waals surface area contributed by atoms with Crippen molar-refractivity contribution >= 4 is 38.7 Å². The zero-order valence-electron chi connectivity index (χ0n) is 17.7. The van der Waals surface area contributed by atoms with E-state index in [0.717, 1.165) is 32.6 Å². The summed E-state index contributed by atoms with van der Waals surface area (Å²) in [6.45, 7) is 2.02. The van der Waals surface area contributed by atoms with Gasteiger partial charge in [0.15, 0.2) is 5.13 Å². The van der Waals surface area contributed by atoms with Crippen LogP contribution >= 0.6 is 11.3 Å². The van der Waals surface area contributed by atoms with E-state index in [-0.39, 0.29) is 11.7 Å². The van der Waals surface area contributed by atoms with Gasteiger partial charge in [-0.2, -0.15) is 5.10 Å². The lowest BCUT2D eigenvalue weighted by Gasteiger charge is -2.00. The lowest BCUT2D eigenvalue weighted by Crippen LogP contribution is -2.07. The molecule has 5 rings (SSSR count). The zero-order valence-corrected chi connectivity index (χ0v) is 18.5. The Hall–Kier alpha value is -4.10. The smallest absolute Gasteiger partial charge is 0.250 e. The number of halogens is 1. The van der Waals surface area contributed by atoms with Crippen LogP contribution in [0.2, 0.25) is 0 Å². The first-order chi connectivity index (χ1) is 16.0. The standard InChI is InChI=1S/C26H19FN4OS/c1-17-7-13-22-23(15-17)33-26(28-22)29-24(32)14-10-19-16-31(21-5-3-2-4-6-21)30-25(19)18-8-11-20(27)12-9-18/h2-16H,1H3,(H,28,29,32)/b14-10+. The third-order valence-electron chi connectivity index (χ3n) is 5.07. The van der Waals surface area contributed by atoms with Gasteiger partial charge in [0.25, 0.3) is 0 Å². The summed E-state index contributed by atoms with van der Waals surface area (Å²) >= 11 is 1.44. The van der Waals surface area contributed by atoms with Gasteiger partial charge in [-0.25, -0.2) is 14.1 Å². The number of para-hydroxylation sites is 1. The molecule has 0 saturated heterocycles. The number of rotatable bonds is 5. The topological polar surface area (TPSA) is 59.8 Å². The molecule has 7 heteroatoms. The predicted molar refractivity (Wildman–Crippen MR) is 131 cm³/mol. The molecule has 1 amide bonds. The van der Waals surface area contributed by atoms with Crippen molar-refractivity contribution in [2.24, 2.45) is 0 Å². The molecule has 33 heavy (non-hydrogen) atoms. The van der Waals surface area contributed by atoms with Gasteiger partial charge in [0.05, 0.1) is 21.6 Å². The molecule has 3 aromatic carbocycles. The Bertz CT molecular complexity index is 1470. The first kappa shape index (κ1) is 20.8. The number of anilines is 1. The van der Waals surface area contributed by atoms with Gasteiger partial charge in [0.1, 0.15) is 5.82 Å². The van der Waals surface area contributed by atoms with E-state index < -0.39 is 0 Å². The van der Waals surface area contributed by atoms with Crippen LogP contribution in [-0.4, -0.2) is 20.7 Å². The molecule has 0 radical (unpaired) electrons. The number of fused-ring (bicyclic) bond motifs is 1. The zero-order chi connectivity index (χ0) is 22.8. The van der Waals surface area contributed by atoms with Crippen LogP contribution in [-0.2, 0) is 4.79 Å². The number of amides is 1. The van der Waals surface area contributed by atoms with E-state index in [1.54, 1.807) is 22.9 Å². The Kier molecular flexibility index (Phi) is 5.54. The molecule has 1 N–H and O–H groups in total. The fraction of sp³-hybridized carbons (Fsp3) is 0.0385. The lowest BCUT2D eigenvalue weighted by molar-refractivity contribution is -0.111. The number of nitrogens with zero attached hydrogens (tertiary/aromatic N) is 3. The normalized spacial score (nSPS) is 11.3. The van der Waals surface area contributed by atoms with E-state index >= 15 is 0 Å². The molecule has 0 unspecified atom stereocenters. The fourth-order valence-corrected chi connectivity index (χ4v) is 4.42. The van der Waals surface area contributed by atoms with E-state index in [0.29, 0.717) is 10.8 Å². The number of carbonyl (C=O) groups excluding carboxylic acids is 1. The molecule has 0 aliphatic carbocycles. The van der Waals surface area contributed by atoms with Gasteiger partial charge in [-0.1, -0.05) is 35.6 Å². The Morgan fingerprint density at radius 1 is 1.06 bits per heavy atom. The largest absolute Gasteiger partial charge is 0.298 e. The Morgan fingerprint density at radius 2 is 1.85 bits per heavy atom. The van der Waals surface area contributed by atoms with Gasteiger partial charge in [-0.3, -0.25) is 10.1 Å². The fourth-order valence-electron chi connectivity index (χ4n) is 3.45. The van der Waals surface area contributed by atoms with Crippen LogP contribution in [0.25, 0.3) is 33.2 Å². The van der Waals surface area contributed by atoms with Crippen LogP contribution in [0.5, 0.6) is 0 Å². The van der Waals surface area contributed by atoms with Crippen LogP contribution in [0.15, 0.2) is 85.1 Å². The highest BCUT2D eigenvalue weighted by Crippen LogP contribution is 2.27. The second-order valence-corrected chi connectivity index (χ2v) is 8.56. The number of benzene rings is 3. The van der Waals surface area contributed by atoms with Crippen molar-refractivity contribution in [3.05, 3.63) is 102 Å². The van der Waals surface area contributed by atoms with Crippen molar-refractivity contribution in [1.82, 2.24) is 14.8 Å². The minimum absolute atomic E-state index is 0.289. The van der Waals surface area contributed by atoms with Crippen LogP contribution in [0, 0.1) is 12.7 Å². The van der Waals surface area contributed by atoms with Gasteiger partial charge in [-0.05, 0) is 67.1 Å². The molecule has 5 nitrogen and oxygen atoms in total. The Balaban J connectivity index is 1.43. The first-order valence-electron chi connectivity index (χ1n) is 10.3. The molecular formula is C26H19FN4OS. The van der Waals surface area contributed by atoms with Crippen LogP contribution < -0.4 is 5.32 Å². The number of thiazole rings is 1. The van der Waals surface area contributed by atoms with Gasteiger partial charge in [0.2, 0.25) is 5.91 Å². The average molecular weight is 455 g/mol. The SMILES string of the molecule is Cc1ccc2nc(NC(=O)/C=C/c3cn(-c4ccccc4)nc3-c3ccc(F)cc3)sc2c1. The summed E-state index contributed by atoms with van der Waals surface area (Å²) < 4.78 is 16.2. The molecule has 0 fully saturated rings. The second-order valence-electron chi connectivity index (χ2n) is 7.53. The maximum absolute atomic E-state index is 13.4. The number of nitrogens with one attached hydrogen (secondary N) is 1. The highest BCUT2D eigenvalue weighted by molar-refractivity contribution is 7.22. The molecule has 0 spiro atoms. The molecule has 0 saturated carbocycles. The summed E-state index contributed by atoms with van der Waals surface area (Å²) in [7, 11) is 0. The summed E-state index contributed by atoms with van der Waals surface area (Å²) in [6.07, 6.45) is 5.01. The van der Waals surface area contributed by atoms with Gasteiger partial charge in [-0.15, -0.1) is 0 Å². The predicted octanol–water partition coefficient (Wildman–Crippen LogP) is 6.25. The molecule has 2 aromatic heterocycles. The molecule has 2 heterocycles. The molecule has 0 bridgehead atoms. The maximum atomic E-state index is 13.4. The summed E-state index contributed by atoms with van der Waals surface area (Å²) in [5, 5.41) is 8.06. The molecular weight excluding hydrogens is 435 g/mol. The summed E-state index contributed by atoms with van der Waals surface area (Å²) in [4.78, 5) is 17.1. The van der Waals surface area contributed by atoms with Crippen molar-refractivity contribution < 1.29 is 9.18 Å². The number of hydrogen-bond donors (Lipinski definition) is 1.